The first-order valence-electron chi connectivity index (χ1n) is 6.25. The van der Waals surface area contributed by atoms with Gasteiger partial charge in [-0.05, 0) is 36.9 Å². The number of hydrogen-bond acceptors (Lipinski definition) is 3. The summed E-state index contributed by atoms with van der Waals surface area (Å²) < 4.78 is 41.4. The fraction of sp³-hybridized carbons (Fsp3) is 0.538. The van der Waals surface area contributed by atoms with Gasteiger partial charge in [-0.25, -0.2) is 0 Å². The highest BCUT2D eigenvalue weighted by atomic mass is 35.5. The Morgan fingerprint density at radius 3 is 2.75 bits per heavy atom. The molecule has 2 nitrogen and oxygen atoms in total. The number of benzene rings is 1. The number of alkyl halides is 3. The summed E-state index contributed by atoms with van der Waals surface area (Å²) in [5, 5.41) is 3.75. The van der Waals surface area contributed by atoms with Crippen LogP contribution in [0.15, 0.2) is 18.2 Å². The van der Waals surface area contributed by atoms with Gasteiger partial charge >= 0.3 is 5.51 Å². The van der Waals surface area contributed by atoms with Crippen LogP contribution < -0.4 is 10.1 Å². The van der Waals surface area contributed by atoms with E-state index in [0.29, 0.717) is 17.3 Å². The van der Waals surface area contributed by atoms with Crippen LogP contribution in [0.2, 0.25) is 5.02 Å². The highest BCUT2D eigenvalue weighted by Crippen LogP contribution is 2.30. The molecule has 0 heterocycles. The van der Waals surface area contributed by atoms with Crippen LogP contribution in [0.3, 0.4) is 0 Å². The fourth-order valence-corrected chi connectivity index (χ4v) is 2.18. The first-order valence-corrected chi connectivity index (χ1v) is 7.62. The minimum atomic E-state index is -4.22. The molecule has 7 heteroatoms. The Bertz CT molecular complexity index is 415. The van der Waals surface area contributed by atoms with Gasteiger partial charge in [-0.15, -0.1) is 0 Å². The normalized spacial score (nSPS) is 11.7. The maximum Gasteiger partial charge on any atom is 0.441 e. The second-order valence-electron chi connectivity index (χ2n) is 4.04. The van der Waals surface area contributed by atoms with Crippen LogP contribution in [0, 0.1) is 0 Å². The van der Waals surface area contributed by atoms with Crippen LogP contribution in [-0.2, 0) is 6.54 Å². The number of rotatable bonds is 8. The van der Waals surface area contributed by atoms with E-state index in [1.807, 2.05) is 6.92 Å². The second-order valence-corrected chi connectivity index (χ2v) is 5.60. The van der Waals surface area contributed by atoms with Crippen LogP contribution >= 0.6 is 23.4 Å². The molecule has 0 saturated carbocycles. The average molecular weight is 328 g/mol. The third-order valence-electron chi connectivity index (χ3n) is 2.41. The molecule has 0 fully saturated rings. The van der Waals surface area contributed by atoms with Gasteiger partial charge in [0.05, 0.1) is 6.61 Å². The molecular formula is C13H17ClF3NOS. The van der Waals surface area contributed by atoms with Crippen LogP contribution in [-0.4, -0.2) is 24.4 Å². The zero-order valence-corrected chi connectivity index (χ0v) is 12.7. The van der Waals surface area contributed by atoms with Crippen molar-refractivity contribution in [1.29, 1.82) is 0 Å². The van der Waals surface area contributed by atoms with Crippen molar-refractivity contribution in [2.24, 2.45) is 0 Å². The summed E-state index contributed by atoms with van der Waals surface area (Å²) in [5.74, 6) is 0.390. The molecule has 1 rings (SSSR count). The van der Waals surface area contributed by atoms with E-state index < -0.39 is 5.51 Å². The van der Waals surface area contributed by atoms with Gasteiger partial charge in [0.15, 0.2) is 0 Å². The molecule has 0 atom stereocenters. The van der Waals surface area contributed by atoms with Gasteiger partial charge in [0.1, 0.15) is 5.75 Å². The Morgan fingerprint density at radius 1 is 1.35 bits per heavy atom. The van der Waals surface area contributed by atoms with E-state index in [1.165, 1.54) is 0 Å². The largest absolute Gasteiger partial charge is 0.492 e. The van der Waals surface area contributed by atoms with Gasteiger partial charge in [0, 0.05) is 22.9 Å². The monoisotopic (exact) mass is 327 g/mol. The summed E-state index contributed by atoms with van der Waals surface area (Å²) in [6.07, 6.45) is 0.989. The average Bonchev–Trinajstić information content (AvgIpc) is 2.36. The maximum absolute atomic E-state index is 12.0. The zero-order valence-electron chi connectivity index (χ0n) is 11.1. The van der Waals surface area contributed by atoms with E-state index in [0.717, 1.165) is 18.5 Å². The van der Waals surface area contributed by atoms with Crippen molar-refractivity contribution in [1.82, 2.24) is 5.32 Å². The lowest BCUT2D eigenvalue weighted by Crippen LogP contribution is -2.15. The fourth-order valence-electron chi connectivity index (χ4n) is 1.54. The Morgan fingerprint density at radius 2 is 2.10 bits per heavy atom. The third kappa shape index (κ3) is 6.72. The molecule has 0 spiro atoms. The maximum atomic E-state index is 12.0. The SMILES string of the molecule is CCCNCc1c(Cl)cccc1OCCSC(F)(F)F. The number of nitrogens with one attached hydrogen (secondary N) is 1. The zero-order chi connectivity index (χ0) is 15.0. The highest BCUT2D eigenvalue weighted by Gasteiger charge is 2.27. The van der Waals surface area contributed by atoms with E-state index in [2.05, 4.69) is 5.32 Å². The molecule has 0 radical (unpaired) electrons. The third-order valence-corrected chi connectivity index (χ3v) is 3.46. The second kappa shape index (κ2) is 8.64. The molecular weight excluding hydrogens is 311 g/mol. The molecule has 1 N–H and O–H groups in total. The van der Waals surface area contributed by atoms with Gasteiger partial charge in [-0.3, -0.25) is 0 Å². The van der Waals surface area contributed by atoms with Crippen molar-refractivity contribution < 1.29 is 17.9 Å². The van der Waals surface area contributed by atoms with Crippen molar-refractivity contribution in [3.05, 3.63) is 28.8 Å². The number of ether oxygens (including phenoxy) is 1. The van der Waals surface area contributed by atoms with Crippen molar-refractivity contribution in [3.63, 3.8) is 0 Å². The molecule has 0 bridgehead atoms. The first-order chi connectivity index (χ1) is 9.44. The quantitative estimate of drug-likeness (QED) is 0.712. The van der Waals surface area contributed by atoms with Crippen LogP contribution in [0.5, 0.6) is 5.75 Å². The van der Waals surface area contributed by atoms with E-state index in [1.54, 1.807) is 18.2 Å². The predicted molar refractivity (Wildman–Crippen MR) is 77.5 cm³/mol. The van der Waals surface area contributed by atoms with Gasteiger partial charge in [-0.1, -0.05) is 24.6 Å². The minimum Gasteiger partial charge on any atom is -0.492 e. The van der Waals surface area contributed by atoms with E-state index in [9.17, 15) is 13.2 Å². The van der Waals surface area contributed by atoms with Crippen LogP contribution in [0.25, 0.3) is 0 Å². The van der Waals surface area contributed by atoms with Crippen molar-refractivity contribution in [2.75, 3.05) is 18.9 Å². The Balaban J connectivity index is 2.53. The van der Waals surface area contributed by atoms with Gasteiger partial charge in [0.25, 0.3) is 0 Å². The lowest BCUT2D eigenvalue weighted by atomic mass is 10.2. The molecule has 0 unspecified atom stereocenters. The van der Waals surface area contributed by atoms with Gasteiger partial charge in [-0.2, -0.15) is 13.2 Å². The van der Waals surface area contributed by atoms with Gasteiger partial charge < -0.3 is 10.1 Å². The highest BCUT2D eigenvalue weighted by molar-refractivity contribution is 8.00. The van der Waals surface area contributed by atoms with Crippen LogP contribution in [0.4, 0.5) is 13.2 Å². The lowest BCUT2D eigenvalue weighted by molar-refractivity contribution is -0.0329. The van der Waals surface area contributed by atoms with E-state index in [4.69, 9.17) is 16.3 Å². The summed E-state index contributed by atoms with van der Waals surface area (Å²) in [7, 11) is 0. The van der Waals surface area contributed by atoms with Crippen molar-refractivity contribution in [2.45, 2.75) is 25.4 Å². The topological polar surface area (TPSA) is 21.3 Å². The van der Waals surface area contributed by atoms with Gasteiger partial charge in [0.2, 0.25) is 0 Å². The summed E-state index contributed by atoms with van der Waals surface area (Å²) in [6, 6.07) is 5.17. The molecule has 0 aliphatic heterocycles. The van der Waals surface area contributed by atoms with Crippen LogP contribution in [0.1, 0.15) is 18.9 Å². The molecule has 0 saturated heterocycles. The van der Waals surface area contributed by atoms with E-state index in [-0.39, 0.29) is 24.1 Å². The Labute approximate surface area is 126 Å². The van der Waals surface area contributed by atoms with Crippen molar-refractivity contribution >= 4 is 23.4 Å². The number of halogens is 4. The standard InChI is InChI=1S/C13H17ClF3NOS/c1-2-6-18-9-10-11(14)4-3-5-12(10)19-7-8-20-13(15,16)17/h3-5,18H,2,6-9H2,1H3. The molecule has 1 aromatic rings. The summed E-state index contributed by atoms with van der Waals surface area (Å²) in [6.45, 7) is 3.42. The molecule has 0 aliphatic carbocycles. The minimum absolute atomic E-state index is 0.00863. The Hall–Kier alpha value is -0.590. The first kappa shape index (κ1) is 17.5. The molecule has 0 aromatic heterocycles. The molecule has 20 heavy (non-hydrogen) atoms. The van der Waals surface area contributed by atoms with Crippen molar-refractivity contribution in [3.8, 4) is 5.75 Å². The molecule has 1 aromatic carbocycles. The Kier molecular flexibility index (Phi) is 7.55. The molecule has 114 valence electrons. The molecule has 0 aliphatic rings. The lowest BCUT2D eigenvalue weighted by Gasteiger charge is -2.14. The summed E-state index contributed by atoms with van der Waals surface area (Å²) in [4.78, 5) is 0. The summed E-state index contributed by atoms with van der Waals surface area (Å²) in [5.41, 5.74) is -3.44. The van der Waals surface area contributed by atoms with E-state index >= 15 is 0 Å². The summed E-state index contributed by atoms with van der Waals surface area (Å²) >= 11 is 6.00. The smallest absolute Gasteiger partial charge is 0.441 e. The number of thioether (sulfide) groups is 1. The number of hydrogen-bond donors (Lipinski definition) is 1. The molecule has 0 amide bonds. The predicted octanol–water partition coefficient (Wildman–Crippen LogP) is 4.47.